The first-order chi connectivity index (χ1) is 8.05. The number of nitrogen functional groups attached to an aromatic ring is 1. The minimum absolute atomic E-state index is 0.0357. The largest absolute Gasteiger partial charge is 0.399 e. The molecule has 5 nitrogen and oxygen atoms in total. The molecule has 0 atom stereocenters. The fourth-order valence-corrected chi connectivity index (χ4v) is 3.50. The van der Waals surface area contributed by atoms with Crippen LogP contribution in [0.25, 0.3) is 0 Å². The van der Waals surface area contributed by atoms with Crippen molar-refractivity contribution >= 4 is 15.7 Å². The van der Waals surface area contributed by atoms with Crippen LogP contribution < -0.4 is 5.73 Å². The summed E-state index contributed by atoms with van der Waals surface area (Å²) >= 11 is 0. The highest BCUT2D eigenvalue weighted by Crippen LogP contribution is 2.31. The summed E-state index contributed by atoms with van der Waals surface area (Å²) < 4.78 is 26.0. The number of anilines is 1. The molecule has 1 aromatic rings. The van der Waals surface area contributed by atoms with Crippen molar-refractivity contribution in [3.8, 4) is 0 Å². The van der Waals surface area contributed by atoms with Crippen molar-refractivity contribution in [1.29, 1.82) is 0 Å². The number of hydrogen-bond donors (Lipinski definition) is 2. The second-order valence-electron chi connectivity index (χ2n) is 4.14. The van der Waals surface area contributed by atoms with E-state index in [0.29, 0.717) is 5.69 Å². The number of benzene rings is 1. The number of nitrogens with zero attached hydrogens (tertiary/aromatic N) is 1. The van der Waals surface area contributed by atoms with Gasteiger partial charge < -0.3 is 10.8 Å². The van der Waals surface area contributed by atoms with Gasteiger partial charge in [-0.15, -0.1) is 0 Å². The zero-order valence-electron chi connectivity index (χ0n) is 9.41. The Hall–Kier alpha value is -1.11. The van der Waals surface area contributed by atoms with E-state index in [0.717, 1.165) is 12.8 Å². The van der Waals surface area contributed by atoms with Gasteiger partial charge >= 0.3 is 0 Å². The first-order valence-corrected chi connectivity index (χ1v) is 6.98. The Morgan fingerprint density at radius 3 is 2.65 bits per heavy atom. The highest BCUT2D eigenvalue weighted by Gasteiger charge is 2.37. The summed E-state index contributed by atoms with van der Waals surface area (Å²) in [6.07, 6.45) is 1.73. The Bertz CT molecular complexity index is 497. The van der Waals surface area contributed by atoms with Crippen LogP contribution in [-0.4, -0.2) is 37.0 Å². The van der Waals surface area contributed by atoms with E-state index in [4.69, 9.17) is 10.8 Å². The lowest BCUT2D eigenvalue weighted by atomic mass is 10.3. The lowest BCUT2D eigenvalue weighted by Gasteiger charge is -2.20. The second-order valence-corrected chi connectivity index (χ2v) is 6.03. The molecular formula is C11H16N2O3S. The molecule has 0 spiro atoms. The van der Waals surface area contributed by atoms with Crippen molar-refractivity contribution in [2.45, 2.75) is 23.8 Å². The summed E-state index contributed by atoms with van der Waals surface area (Å²) in [6.45, 7) is -0.0279. The molecule has 1 aliphatic rings. The third kappa shape index (κ3) is 2.59. The van der Waals surface area contributed by atoms with E-state index in [1.807, 2.05) is 0 Å². The smallest absolute Gasteiger partial charge is 0.243 e. The van der Waals surface area contributed by atoms with Crippen molar-refractivity contribution in [2.24, 2.45) is 0 Å². The number of nitrogens with two attached hydrogens (primary N) is 1. The van der Waals surface area contributed by atoms with E-state index < -0.39 is 10.0 Å². The molecule has 0 saturated heterocycles. The minimum Gasteiger partial charge on any atom is -0.399 e. The Balaban J connectivity index is 2.33. The lowest BCUT2D eigenvalue weighted by molar-refractivity contribution is 0.250. The number of hydrogen-bond acceptors (Lipinski definition) is 4. The summed E-state index contributed by atoms with van der Waals surface area (Å²) in [7, 11) is -3.53. The van der Waals surface area contributed by atoms with Crippen LogP contribution in [0.15, 0.2) is 29.2 Å². The van der Waals surface area contributed by atoms with Crippen LogP contribution in [0.3, 0.4) is 0 Å². The summed E-state index contributed by atoms with van der Waals surface area (Å²) in [5, 5.41) is 8.95. The quantitative estimate of drug-likeness (QED) is 0.748. The predicted octanol–water partition coefficient (Wildman–Crippen LogP) is 0.414. The third-order valence-corrected chi connectivity index (χ3v) is 4.69. The average molecular weight is 256 g/mol. The molecule has 0 aromatic heterocycles. The van der Waals surface area contributed by atoms with Crippen LogP contribution in [0.1, 0.15) is 12.8 Å². The Kier molecular flexibility index (Phi) is 3.37. The van der Waals surface area contributed by atoms with Gasteiger partial charge in [-0.25, -0.2) is 8.42 Å². The van der Waals surface area contributed by atoms with E-state index in [9.17, 15) is 8.42 Å². The van der Waals surface area contributed by atoms with Crippen molar-refractivity contribution in [1.82, 2.24) is 4.31 Å². The lowest BCUT2D eigenvalue weighted by Crippen LogP contribution is -2.35. The first kappa shape index (κ1) is 12.3. The van der Waals surface area contributed by atoms with Crippen LogP contribution in [-0.2, 0) is 10.0 Å². The predicted molar refractivity (Wildman–Crippen MR) is 64.9 cm³/mol. The molecule has 0 bridgehead atoms. The molecule has 0 amide bonds. The molecule has 1 aromatic carbocycles. The summed E-state index contributed by atoms with van der Waals surface area (Å²) in [5.74, 6) is 0. The Morgan fingerprint density at radius 2 is 2.12 bits per heavy atom. The fraction of sp³-hybridized carbons (Fsp3) is 0.455. The highest BCUT2D eigenvalue weighted by molar-refractivity contribution is 7.89. The van der Waals surface area contributed by atoms with Gasteiger partial charge in [0.25, 0.3) is 0 Å². The highest BCUT2D eigenvalue weighted by atomic mass is 32.2. The molecular weight excluding hydrogens is 240 g/mol. The second kappa shape index (κ2) is 4.64. The Labute approximate surface area is 101 Å². The van der Waals surface area contributed by atoms with Gasteiger partial charge in [-0.3, -0.25) is 0 Å². The average Bonchev–Trinajstić information content (AvgIpc) is 3.09. The standard InChI is InChI=1S/C11H16N2O3S/c12-9-2-1-3-11(8-9)17(15,16)13(6-7-14)10-4-5-10/h1-3,8,10,14H,4-7,12H2. The van der Waals surface area contributed by atoms with E-state index in [1.165, 1.54) is 16.4 Å². The fourth-order valence-electron chi connectivity index (χ4n) is 1.77. The maximum atomic E-state index is 12.3. The van der Waals surface area contributed by atoms with Crippen LogP contribution >= 0.6 is 0 Å². The van der Waals surface area contributed by atoms with Crippen LogP contribution in [0.4, 0.5) is 5.69 Å². The van der Waals surface area contributed by atoms with Gasteiger partial charge in [-0.2, -0.15) is 4.31 Å². The van der Waals surface area contributed by atoms with Crippen molar-refractivity contribution in [3.63, 3.8) is 0 Å². The molecule has 2 rings (SSSR count). The molecule has 3 N–H and O–H groups in total. The summed E-state index contributed by atoms with van der Waals surface area (Å²) in [5.41, 5.74) is 6.01. The maximum Gasteiger partial charge on any atom is 0.243 e. The van der Waals surface area contributed by atoms with Crippen molar-refractivity contribution < 1.29 is 13.5 Å². The van der Waals surface area contributed by atoms with Gasteiger partial charge in [0.05, 0.1) is 11.5 Å². The monoisotopic (exact) mass is 256 g/mol. The minimum atomic E-state index is -3.53. The summed E-state index contributed by atoms with van der Waals surface area (Å²) in [6, 6.07) is 6.27. The van der Waals surface area contributed by atoms with Crippen molar-refractivity contribution in [3.05, 3.63) is 24.3 Å². The SMILES string of the molecule is Nc1cccc(S(=O)(=O)N(CCO)C2CC2)c1. The van der Waals surface area contributed by atoms with E-state index >= 15 is 0 Å². The van der Waals surface area contributed by atoms with E-state index in [2.05, 4.69) is 0 Å². The normalized spacial score (nSPS) is 16.4. The maximum absolute atomic E-state index is 12.3. The van der Waals surface area contributed by atoms with Gasteiger partial charge in [0.15, 0.2) is 0 Å². The van der Waals surface area contributed by atoms with Crippen LogP contribution in [0.2, 0.25) is 0 Å². The zero-order valence-corrected chi connectivity index (χ0v) is 10.2. The molecule has 94 valence electrons. The molecule has 1 fully saturated rings. The molecule has 6 heteroatoms. The van der Waals surface area contributed by atoms with Gasteiger partial charge in [0.2, 0.25) is 10.0 Å². The van der Waals surface area contributed by atoms with Crippen LogP contribution in [0.5, 0.6) is 0 Å². The number of aliphatic hydroxyl groups excluding tert-OH is 1. The van der Waals surface area contributed by atoms with E-state index in [-0.39, 0.29) is 24.1 Å². The van der Waals surface area contributed by atoms with Gasteiger partial charge in [0.1, 0.15) is 0 Å². The Morgan fingerprint density at radius 1 is 1.41 bits per heavy atom. The van der Waals surface area contributed by atoms with E-state index in [1.54, 1.807) is 12.1 Å². The van der Waals surface area contributed by atoms with Crippen LogP contribution in [0, 0.1) is 0 Å². The zero-order chi connectivity index (χ0) is 12.5. The molecule has 0 heterocycles. The number of sulfonamides is 1. The third-order valence-electron chi connectivity index (χ3n) is 2.74. The molecule has 1 saturated carbocycles. The first-order valence-electron chi connectivity index (χ1n) is 5.54. The topological polar surface area (TPSA) is 83.6 Å². The molecule has 0 radical (unpaired) electrons. The summed E-state index contributed by atoms with van der Waals surface area (Å²) in [4.78, 5) is 0.192. The molecule has 17 heavy (non-hydrogen) atoms. The van der Waals surface area contributed by atoms with Gasteiger partial charge in [0, 0.05) is 18.3 Å². The molecule has 0 aliphatic heterocycles. The number of aliphatic hydroxyl groups is 1. The van der Waals surface area contributed by atoms with Gasteiger partial charge in [-0.1, -0.05) is 6.07 Å². The van der Waals surface area contributed by atoms with Gasteiger partial charge in [-0.05, 0) is 31.0 Å². The number of rotatable bonds is 5. The molecule has 0 unspecified atom stereocenters. The van der Waals surface area contributed by atoms with Crippen molar-refractivity contribution in [2.75, 3.05) is 18.9 Å². The molecule has 1 aliphatic carbocycles.